The Hall–Kier alpha value is -2.40. The first-order valence-electron chi connectivity index (χ1n) is 8.46. The molecule has 124 valence electrons. The van der Waals surface area contributed by atoms with Gasteiger partial charge >= 0.3 is 0 Å². The molecule has 0 radical (unpaired) electrons. The van der Waals surface area contributed by atoms with E-state index in [2.05, 4.69) is 29.0 Å². The summed E-state index contributed by atoms with van der Waals surface area (Å²) >= 11 is 0. The molecule has 2 aliphatic heterocycles. The first-order valence-corrected chi connectivity index (χ1v) is 8.46. The molecule has 2 aromatic carbocycles. The molecule has 1 fully saturated rings. The van der Waals surface area contributed by atoms with Crippen LogP contribution >= 0.6 is 0 Å². The Morgan fingerprint density at radius 1 is 0.917 bits per heavy atom. The fourth-order valence-electron chi connectivity index (χ4n) is 3.76. The lowest BCUT2D eigenvalue weighted by molar-refractivity contribution is 0.0845. The maximum absolute atomic E-state index is 12.1. The molecular formula is C19H21N3O2. The average molecular weight is 323 g/mol. The van der Waals surface area contributed by atoms with E-state index in [0.717, 1.165) is 42.6 Å². The second-order valence-corrected chi connectivity index (χ2v) is 6.76. The third kappa shape index (κ3) is 2.27. The molecule has 0 aliphatic carbocycles. The summed E-state index contributed by atoms with van der Waals surface area (Å²) < 4.78 is 0. The Labute approximate surface area is 141 Å². The summed E-state index contributed by atoms with van der Waals surface area (Å²) in [6, 6.07) is 10.1. The molecule has 0 aromatic heterocycles. The minimum absolute atomic E-state index is 0.306. The van der Waals surface area contributed by atoms with Crippen molar-refractivity contribution in [3.05, 3.63) is 41.5 Å². The Morgan fingerprint density at radius 2 is 1.58 bits per heavy atom. The van der Waals surface area contributed by atoms with E-state index in [9.17, 15) is 9.59 Å². The van der Waals surface area contributed by atoms with Gasteiger partial charge in [0.2, 0.25) is 0 Å². The lowest BCUT2D eigenvalue weighted by Gasteiger charge is -2.38. The molecular weight excluding hydrogens is 302 g/mol. The highest BCUT2D eigenvalue weighted by Crippen LogP contribution is 2.34. The fraction of sp³-hybridized carbons (Fsp3) is 0.368. The molecule has 2 amide bonds. The third-order valence-electron chi connectivity index (χ3n) is 5.12. The van der Waals surface area contributed by atoms with Gasteiger partial charge in [-0.2, -0.15) is 0 Å². The number of carbonyl (C=O) groups is 2. The van der Waals surface area contributed by atoms with Crippen molar-refractivity contribution in [1.29, 1.82) is 0 Å². The van der Waals surface area contributed by atoms with Gasteiger partial charge in [0.05, 0.1) is 0 Å². The molecule has 1 saturated heterocycles. The molecule has 0 spiro atoms. The zero-order valence-corrected chi connectivity index (χ0v) is 14.0. The summed E-state index contributed by atoms with van der Waals surface area (Å²) in [6.07, 6.45) is 0. The number of benzene rings is 2. The van der Waals surface area contributed by atoms with E-state index < -0.39 is 0 Å². The summed E-state index contributed by atoms with van der Waals surface area (Å²) in [6.45, 7) is 8.42. The highest BCUT2D eigenvalue weighted by atomic mass is 16.2. The summed E-state index contributed by atoms with van der Waals surface area (Å²) in [5.41, 5.74) is 2.29. The monoisotopic (exact) mass is 323 g/mol. The van der Waals surface area contributed by atoms with Crippen molar-refractivity contribution >= 4 is 28.3 Å². The van der Waals surface area contributed by atoms with Crippen LogP contribution in [0.15, 0.2) is 30.3 Å². The summed E-state index contributed by atoms with van der Waals surface area (Å²) in [4.78, 5) is 29.1. The number of imide groups is 1. The van der Waals surface area contributed by atoms with Gasteiger partial charge in [-0.25, -0.2) is 0 Å². The van der Waals surface area contributed by atoms with Crippen molar-refractivity contribution in [3.63, 3.8) is 0 Å². The largest absolute Gasteiger partial charge is 0.368 e. The normalized spacial score (nSPS) is 18.4. The van der Waals surface area contributed by atoms with E-state index in [-0.39, 0.29) is 11.8 Å². The molecule has 2 aliphatic rings. The maximum atomic E-state index is 12.1. The minimum atomic E-state index is -0.306. The number of nitrogens with one attached hydrogen (secondary N) is 1. The standard InChI is InChI=1S/C19H21N3O2/c1-12(2)21-8-10-22(11-9-21)16-7-6-15-17-13(16)4-3-5-14(17)18(23)20-19(15)24/h3-7,12H,8-11H2,1-2H3,(H,20,23,24). The van der Waals surface area contributed by atoms with Crippen LogP contribution in [-0.4, -0.2) is 48.9 Å². The highest BCUT2D eigenvalue weighted by Gasteiger charge is 2.27. The molecule has 0 atom stereocenters. The van der Waals surface area contributed by atoms with Gasteiger partial charge in [-0.15, -0.1) is 0 Å². The third-order valence-corrected chi connectivity index (χ3v) is 5.12. The number of rotatable bonds is 2. The maximum Gasteiger partial charge on any atom is 0.258 e. The molecule has 0 unspecified atom stereocenters. The number of hydrogen-bond acceptors (Lipinski definition) is 4. The van der Waals surface area contributed by atoms with E-state index >= 15 is 0 Å². The number of piperazine rings is 1. The van der Waals surface area contributed by atoms with Gasteiger partial charge in [-0.3, -0.25) is 19.8 Å². The minimum Gasteiger partial charge on any atom is -0.368 e. The number of hydrogen-bond donors (Lipinski definition) is 1. The van der Waals surface area contributed by atoms with Crippen LogP contribution in [0, 0.1) is 0 Å². The molecule has 1 N–H and O–H groups in total. The van der Waals surface area contributed by atoms with Crippen molar-refractivity contribution in [1.82, 2.24) is 10.2 Å². The Balaban J connectivity index is 1.78. The molecule has 5 heteroatoms. The number of nitrogens with zero attached hydrogens (tertiary/aromatic N) is 2. The van der Waals surface area contributed by atoms with Crippen molar-refractivity contribution in [2.75, 3.05) is 31.1 Å². The van der Waals surface area contributed by atoms with Crippen molar-refractivity contribution in [2.24, 2.45) is 0 Å². The van der Waals surface area contributed by atoms with Crippen LogP contribution in [0.4, 0.5) is 5.69 Å². The van der Waals surface area contributed by atoms with Crippen LogP contribution in [0.1, 0.15) is 34.6 Å². The Morgan fingerprint density at radius 3 is 2.25 bits per heavy atom. The van der Waals surface area contributed by atoms with Crippen LogP contribution < -0.4 is 10.2 Å². The quantitative estimate of drug-likeness (QED) is 0.861. The second kappa shape index (κ2) is 5.60. The number of amides is 2. The van der Waals surface area contributed by atoms with E-state index in [4.69, 9.17) is 0 Å². The van der Waals surface area contributed by atoms with E-state index in [1.807, 2.05) is 24.3 Å². The van der Waals surface area contributed by atoms with Gasteiger partial charge in [0.25, 0.3) is 11.8 Å². The van der Waals surface area contributed by atoms with Crippen molar-refractivity contribution < 1.29 is 9.59 Å². The SMILES string of the molecule is CC(C)N1CCN(c2ccc3c4c(cccc24)C(=O)NC3=O)CC1. The second-order valence-electron chi connectivity index (χ2n) is 6.76. The zero-order valence-electron chi connectivity index (χ0n) is 14.0. The smallest absolute Gasteiger partial charge is 0.258 e. The summed E-state index contributed by atoms with van der Waals surface area (Å²) in [7, 11) is 0. The Kier molecular flexibility index (Phi) is 3.53. The molecule has 0 saturated carbocycles. The zero-order chi connectivity index (χ0) is 16.8. The molecule has 5 nitrogen and oxygen atoms in total. The van der Waals surface area contributed by atoms with E-state index in [1.165, 1.54) is 0 Å². The average Bonchev–Trinajstić information content (AvgIpc) is 2.59. The molecule has 4 rings (SSSR count). The summed E-state index contributed by atoms with van der Waals surface area (Å²) in [5.74, 6) is -0.611. The van der Waals surface area contributed by atoms with Crippen LogP contribution in [0.2, 0.25) is 0 Å². The van der Waals surface area contributed by atoms with E-state index in [0.29, 0.717) is 17.2 Å². The first-order chi connectivity index (χ1) is 11.6. The number of carbonyl (C=O) groups excluding carboxylic acids is 2. The lowest BCUT2D eigenvalue weighted by atomic mass is 9.93. The van der Waals surface area contributed by atoms with Crippen LogP contribution in [0.3, 0.4) is 0 Å². The predicted molar refractivity (Wildman–Crippen MR) is 94.7 cm³/mol. The van der Waals surface area contributed by atoms with Crippen molar-refractivity contribution in [3.8, 4) is 0 Å². The van der Waals surface area contributed by atoms with Gasteiger partial charge in [-0.05, 0) is 32.0 Å². The van der Waals surface area contributed by atoms with Gasteiger partial charge in [0.15, 0.2) is 0 Å². The molecule has 2 heterocycles. The summed E-state index contributed by atoms with van der Waals surface area (Å²) in [5, 5.41) is 4.19. The van der Waals surface area contributed by atoms with Crippen molar-refractivity contribution in [2.45, 2.75) is 19.9 Å². The highest BCUT2D eigenvalue weighted by molar-refractivity contribution is 6.26. The molecule has 0 bridgehead atoms. The lowest BCUT2D eigenvalue weighted by Crippen LogP contribution is -2.49. The van der Waals surface area contributed by atoms with Gasteiger partial charge < -0.3 is 4.90 Å². The topological polar surface area (TPSA) is 52.6 Å². The van der Waals surface area contributed by atoms with Crippen LogP contribution in [-0.2, 0) is 0 Å². The van der Waals surface area contributed by atoms with Gasteiger partial charge in [0, 0.05) is 59.8 Å². The first kappa shape index (κ1) is 15.1. The fourth-order valence-corrected chi connectivity index (χ4v) is 3.76. The van der Waals surface area contributed by atoms with Gasteiger partial charge in [0.1, 0.15) is 0 Å². The van der Waals surface area contributed by atoms with Gasteiger partial charge in [-0.1, -0.05) is 12.1 Å². The molecule has 24 heavy (non-hydrogen) atoms. The number of anilines is 1. The Bertz CT molecular complexity index is 816. The van der Waals surface area contributed by atoms with Crippen LogP contribution in [0.5, 0.6) is 0 Å². The van der Waals surface area contributed by atoms with Crippen LogP contribution in [0.25, 0.3) is 10.8 Å². The van der Waals surface area contributed by atoms with E-state index in [1.54, 1.807) is 6.07 Å². The predicted octanol–water partition coefficient (Wildman–Crippen LogP) is 2.25. The molecule has 2 aromatic rings.